The lowest BCUT2D eigenvalue weighted by molar-refractivity contribution is 0.0168. The second-order valence-corrected chi connectivity index (χ2v) is 6.97. The molecule has 2 N–H and O–H groups in total. The molecular weight excluding hydrogens is 373 g/mol. The van der Waals surface area contributed by atoms with Crippen molar-refractivity contribution in [1.82, 2.24) is 20.4 Å². The second kappa shape index (κ2) is 11.5. The number of benzene rings is 1. The number of hydrogen-bond acceptors (Lipinski definition) is 4. The Hall–Kier alpha value is -2.45. The van der Waals surface area contributed by atoms with Crippen molar-refractivity contribution in [3.05, 3.63) is 48.0 Å². The van der Waals surface area contributed by atoms with E-state index in [0.29, 0.717) is 13.2 Å². The molecule has 1 fully saturated rings. The molecular formula is C21H30FN5O2. The molecule has 29 heavy (non-hydrogen) atoms. The van der Waals surface area contributed by atoms with Gasteiger partial charge >= 0.3 is 0 Å². The van der Waals surface area contributed by atoms with Crippen molar-refractivity contribution in [1.29, 1.82) is 0 Å². The quantitative estimate of drug-likeness (QED) is 0.362. The summed E-state index contributed by atoms with van der Waals surface area (Å²) in [4.78, 5) is 4.23. The van der Waals surface area contributed by atoms with Gasteiger partial charge in [0.2, 0.25) is 0 Å². The first-order valence-corrected chi connectivity index (χ1v) is 10.2. The molecule has 3 rings (SSSR count). The van der Waals surface area contributed by atoms with E-state index in [1.54, 1.807) is 23.9 Å². The normalized spacial score (nSPS) is 16.9. The minimum atomic E-state index is -0.251. The summed E-state index contributed by atoms with van der Waals surface area (Å²) in [5.41, 5.74) is 1.80. The molecule has 0 radical (unpaired) electrons. The third kappa shape index (κ3) is 7.14. The van der Waals surface area contributed by atoms with Crippen molar-refractivity contribution in [2.75, 3.05) is 40.0 Å². The lowest BCUT2D eigenvalue weighted by Gasteiger charge is -2.12. The highest BCUT2D eigenvalue weighted by Crippen LogP contribution is 2.12. The first kappa shape index (κ1) is 21.3. The van der Waals surface area contributed by atoms with Gasteiger partial charge in [-0.2, -0.15) is 5.10 Å². The standard InChI is InChI=1S/C21H30FN5O2/c1-23-21(24-11-3-14-28-16-20-4-2-15-29-20)25-12-9-18-10-13-27(26-18)19-7-5-17(22)6-8-19/h5-8,10,13,20H,2-4,9,11-12,14-16H2,1H3,(H2,23,24,25). The molecule has 8 heteroatoms. The van der Waals surface area contributed by atoms with Gasteiger partial charge in [0.1, 0.15) is 5.82 Å². The maximum Gasteiger partial charge on any atom is 0.190 e. The molecule has 0 spiro atoms. The maximum atomic E-state index is 13.0. The summed E-state index contributed by atoms with van der Waals surface area (Å²) < 4.78 is 26.0. The molecule has 1 atom stereocenters. The maximum absolute atomic E-state index is 13.0. The van der Waals surface area contributed by atoms with E-state index in [0.717, 1.165) is 62.7 Å². The van der Waals surface area contributed by atoms with Crippen LogP contribution in [-0.2, 0) is 15.9 Å². The van der Waals surface area contributed by atoms with E-state index in [-0.39, 0.29) is 11.9 Å². The van der Waals surface area contributed by atoms with E-state index in [1.165, 1.54) is 12.1 Å². The molecule has 0 aliphatic carbocycles. The van der Waals surface area contributed by atoms with E-state index < -0.39 is 0 Å². The van der Waals surface area contributed by atoms with Gasteiger partial charge in [0.25, 0.3) is 0 Å². The Kier molecular flexibility index (Phi) is 8.45. The van der Waals surface area contributed by atoms with Crippen LogP contribution in [-0.4, -0.2) is 61.8 Å². The van der Waals surface area contributed by atoms with Gasteiger partial charge in [-0.3, -0.25) is 4.99 Å². The van der Waals surface area contributed by atoms with Crippen molar-refractivity contribution in [2.24, 2.45) is 4.99 Å². The van der Waals surface area contributed by atoms with Crippen LogP contribution < -0.4 is 10.6 Å². The fourth-order valence-electron chi connectivity index (χ4n) is 3.13. The topological polar surface area (TPSA) is 72.7 Å². The molecule has 1 aromatic carbocycles. The molecule has 7 nitrogen and oxygen atoms in total. The van der Waals surface area contributed by atoms with Crippen LogP contribution in [0.3, 0.4) is 0 Å². The first-order chi connectivity index (χ1) is 14.2. The monoisotopic (exact) mass is 403 g/mol. The summed E-state index contributed by atoms with van der Waals surface area (Å²) >= 11 is 0. The molecule has 1 unspecified atom stereocenters. The van der Waals surface area contributed by atoms with Crippen molar-refractivity contribution >= 4 is 5.96 Å². The summed E-state index contributed by atoms with van der Waals surface area (Å²) in [6.45, 7) is 3.78. The summed E-state index contributed by atoms with van der Waals surface area (Å²) in [6.07, 6.45) is 6.09. The lowest BCUT2D eigenvalue weighted by atomic mass is 10.2. The number of halogens is 1. The highest BCUT2D eigenvalue weighted by molar-refractivity contribution is 5.79. The molecule has 2 aromatic rings. The number of aliphatic imine (C=N–C) groups is 1. The number of hydrogen-bond donors (Lipinski definition) is 2. The number of nitrogens with one attached hydrogen (secondary N) is 2. The van der Waals surface area contributed by atoms with Gasteiger partial charge < -0.3 is 20.1 Å². The predicted octanol–water partition coefficient (Wildman–Crippen LogP) is 2.30. The minimum Gasteiger partial charge on any atom is -0.379 e. The summed E-state index contributed by atoms with van der Waals surface area (Å²) in [5, 5.41) is 11.1. The fourth-order valence-corrected chi connectivity index (χ4v) is 3.13. The minimum absolute atomic E-state index is 0.251. The SMILES string of the molecule is CN=C(NCCCOCC1CCCO1)NCCc1ccn(-c2ccc(F)cc2)n1. The van der Waals surface area contributed by atoms with Gasteiger partial charge in [0.05, 0.1) is 24.1 Å². The molecule has 0 bridgehead atoms. The highest BCUT2D eigenvalue weighted by atomic mass is 19.1. The molecule has 1 aromatic heterocycles. The first-order valence-electron chi connectivity index (χ1n) is 10.2. The van der Waals surface area contributed by atoms with E-state index in [4.69, 9.17) is 9.47 Å². The molecule has 1 aliphatic heterocycles. The Morgan fingerprint density at radius 3 is 2.86 bits per heavy atom. The van der Waals surface area contributed by atoms with Gasteiger partial charge in [-0.15, -0.1) is 0 Å². The van der Waals surface area contributed by atoms with E-state index in [2.05, 4.69) is 20.7 Å². The van der Waals surface area contributed by atoms with Crippen molar-refractivity contribution in [3.63, 3.8) is 0 Å². The van der Waals surface area contributed by atoms with Crippen LogP contribution >= 0.6 is 0 Å². The molecule has 0 saturated carbocycles. The van der Waals surface area contributed by atoms with Crippen LogP contribution in [0.4, 0.5) is 4.39 Å². The lowest BCUT2D eigenvalue weighted by Crippen LogP contribution is -2.39. The Labute approximate surface area is 171 Å². The van der Waals surface area contributed by atoms with Crippen LogP contribution in [0.15, 0.2) is 41.5 Å². The van der Waals surface area contributed by atoms with Crippen LogP contribution in [0.1, 0.15) is 25.0 Å². The largest absolute Gasteiger partial charge is 0.379 e. The van der Waals surface area contributed by atoms with Gasteiger partial charge in [-0.1, -0.05) is 0 Å². The summed E-state index contributed by atoms with van der Waals surface area (Å²) in [5.74, 6) is 0.515. The Morgan fingerprint density at radius 2 is 2.10 bits per heavy atom. The number of rotatable bonds is 10. The Morgan fingerprint density at radius 1 is 1.28 bits per heavy atom. The zero-order chi connectivity index (χ0) is 20.3. The van der Waals surface area contributed by atoms with Gasteiger partial charge in [0.15, 0.2) is 5.96 Å². The average molecular weight is 404 g/mol. The predicted molar refractivity (Wildman–Crippen MR) is 111 cm³/mol. The van der Waals surface area contributed by atoms with Gasteiger partial charge in [-0.25, -0.2) is 9.07 Å². The molecule has 158 valence electrons. The smallest absolute Gasteiger partial charge is 0.190 e. The number of nitrogens with zero attached hydrogens (tertiary/aromatic N) is 3. The van der Waals surface area contributed by atoms with Crippen molar-refractivity contribution in [3.8, 4) is 5.69 Å². The number of guanidine groups is 1. The van der Waals surface area contributed by atoms with Crippen molar-refractivity contribution < 1.29 is 13.9 Å². The van der Waals surface area contributed by atoms with Crippen LogP contribution in [0, 0.1) is 5.82 Å². The van der Waals surface area contributed by atoms with Crippen LogP contribution in [0.2, 0.25) is 0 Å². The molecule has 0 amide bonds. The van der Waals surface area contributed by atoms with Crippen LogP contribution in [0.5, 0.6) is 0 Å². The number of ether oxygens (including phenoxy) is 2. The molecule has 1 saturated heterocycles. The van der Waals surface area contributed by atoms with Crippen LogP contribution in [0.25, 0.3) is 5.69 Å². The van der Waals surface area contributed by atoms with E-state index in [9.17, 15) is 4.39 Å². The second-order valence-electron chi connectivity index (χ2n) is 6.97. The van der Waals surface area contributed by atoms with E-state index in [1.807, 2.05) is 12.3 Å². The molecule has 1 aliphatic rings. The third-order valence-electron chi connectivity index (χ3n) is 4.72. The highest BCUT2D eigenvalue weighted by Gasteiger charge is 2.14. The Balaban J connectivity index is 1.29. The summed E-state index contributed by atoms with van der Waals surface area (Å²) in [6, 6.07) is 8.25. The fraction of sp³-hybridized carbons (Fsp3) is 0.524. The van der Waals surface area contributed by atoms with Gasteiger partial charge in [-0.05, 0) is 49.6 Å². The summed E-state index contributed by atoms with van der Waals surface area (Å²) in [7, 11) is 1.76. The third-order valence-corrected chi connectivity index (χ3v) is 4.72. The zero-order valence-corrected chi connectivity index (χ0v) is 16.9. The van der Waals surface area contributed by atoms with Crippen molar-refractivity contribution in [2.45, 2.75) is 31.8 Å². The number of aromatic nitrogens is 2. The molecule has 2 heterocycles. The van der Waals surface area contributed by atoms with E-state index >= 15 is 0 Å². The Bertz CT molecular complexity index is 757. The van der Waals surface area contributed by atoms with Gasteiger partial charge in [0, 0.05) is 46.0 Å². The zero-order valence-electron chi connectivity index (χ0n) is 16.9. The average Bonchev–Trinajstić information content (AvgIpc) is 3.42.